The van der Waals surface area contributed by atoms with E-state index in [2.05, 4.69) is 22.4 Å². The van der Waals surface area contributed by atoms with E-state index in [1.165, 1.54) is 0 Å². The van der Waals surface area contributed by atoms with Crippen molar-refractivity contribution in [2.24, 2.45) is 14.1 Å². The van der Waals surface area contributed by atoms with Gasteiger partial charge in [-0.25, -0.2) is 0 Å². The van der Waals surface area contributed by atoms with Crippen LogP contribution < -0.4 is 11.1 Å². The number of nitrogens with one attached hydrogen (secondary N) is 1. The number of hydrogen-bond donors (Lipinski definition) is 2. The van der Waals surface area contributed by atoms with Crippen molar-refractivity contribution in [3.8, 4) is 0 Å². The minimum atomic E-state index is 0.633. The van der Waals surface area contributed by atoms with Gasteiger partial charge in [0, 0.05) is 26.5 Å². The van der Waals surface area contributed by atoms with Crippen LogP contribution in [0.15, 0.2) is 12.4 Å². The molecule has 0 atom stereocenters. The standard InChI is InChI=1S/C10H16N6/c1-4-8-9(6-16(3)13-8)12-10-7(11)5-15(2)14-10/h5-6H,4,11H2,1-3H3,(H,12,14). The quantitative estimate of drug-likeness (QED) is 0.810. The highest BCUT2D eigenvalue weighted by Gasteiger charge is 2.09. The van der Waals surface area contributed by atoms with Crippen molar-refractivity contribution in [1.29, 1.82) is 0 Å². The van der Waals surface area contributed by atoms with Crippen LogP contribution in [-0.4, -0.2) is 19.6 Å². The molecule has 6 nitrogen and oxygen atoms in total. The average molecular weight is 220 g/mol. The lowest BCUT2D eigenvalue weighted by molar-refractivity contribution is 0.746. The normalized spacial score (nSPS) is 10.7. The van der Waals surface area contributed by atoms with Crippen molar-refractivity contribution < 1.29 is 0 Å². The Morgan fingerprint density at radius 3 is 2.50 bits per heavy atom. The molecule has 6 heteroatoms. The van der Waals surface area contributed by atoms with E-state index in [1.807, 2.05) is 20.3 Å². The topological polar surface area (TPSA) is 73.7 Å². The number of nitrogens with zero attached hydrogens (tertiary/aromatic N) is 4. The smallest absolute Gasteiger partial charge is 0.175 e. The van der Waals surface area contributed by atoms with E-state index in [9.17, 15) is 0 Å². The maximum atomic E-state index is 5.81. The van der Waals surface area contributed by atoms with Gasteiger partial charge in [-0.2, -0.15) is 10.2 Å². The molecule has 0 spiro atoms. The average Bonchev–Trinajstić information content (AvgIpc) is 2.71. The van der Waals surface area contributed by atoms with Gasteiger partial charge in [0.2, 0.25) is 0 Å². The lowest BCUT2D eigenvalue weighted by atomic mass is 10.3. The number of nitrogens with two attached hydrogens (primary N) is 1. The molecule has 0 aromatic carbocycles. The Labute approximate surface area is 94.1 Å². The first-order chi connectivity index (χ1) is 7.60. The number of aryl methyl sites for hydroxylation is 3. The Kier molecular flexibility index (Phi) is 2.55. The summed E-state index contributed by atoms with van der Waals surface area (Å²) >= 11 is 0. The van der Waals surface area contributed by atoms with E-state index < -0.39 is 0 Å². The second-order valence-corrected chi connectivity index (χ2v) is 3.75. The predicted octanol–water partition coefficient (Wildman–Crippen LogP) is 1.04. The number of rotatable bonds is 3. The molecule has 0 radical (unpaired) electrons. The monoisotopic (exact) mass is 220 g/mol. The van der Waals surface area contributed by atoms with Gasteiger partial charge in [0.05, 0.1) is 17.1 Å². The summed E-state index contributed by atoms with van der Waals surface area (Å²) in [5.74, 6) is 0.671. The maximum Gasteiger partial charge on any atom is 0.175 e. The Balaban J connectivity index is 2.29. The Hall–Kier alpha value is -1.98. The van der Waals surface area contributed by atoms with Gasteiger partial charge in [0.1, 0.15) is 0 Å². The van der Waals surface area contributed by atoms with Crippen LogP contribution in [0.5, 0.6) is 0 Å². The van der Waals surface area contributed by atoms with Gasteiger partial charge in [0.15, 0.2) is 5.82 Å². The molecule has 2 heterocycles. The number of anilines is 3. The first-order valence-electron chi connectivity index (χ1n) is 5.18. The summed E-state index contributed by atoms with van der Waals surface area (Å²) in [7, 11) is 3.73. The van der Waals surface area contributed by atoms with E-state index in [0.717, 1.165) is 17.8 Å². The van der Waals surface area contributed by atoms with Crippen LogP contribution in [0, 0.1) is 0 Å². The summed E-state index contributed by atoms with van der Waals surface area (Å²) in [6.45, 7) is 2.06. The highest BCUT2D eigenvalue weighted by atomic mass is 15.3. The molecule has 0 saturated heterocycles. The first kappa shape index (κ1) is 10.5. The molecule has 86 valence electrons. The molecule has 0 aliphatic heterocycles. The molecule has 0 bridgehead atoms. The third kappa shape index (κ3) is 1.86. The highest BCUT2D eigenvalue weighted by Crippen LogP contribution is 2.23. The minimum absolute atomic E-state index is 0.633. The zero-order chi connectivity index (χ0) is 11.7. The molecule has 16 heavy (non-hydrogen) atoms. The van der Waals surface area contributed by atoms with Crippen molar-refractivity contribution in [1.82, 2.24) is 19.6 Å². The number of nitrogen functional groups attached to an aromatic ring is 1. The van der Waals surface area contributed by atoms with Crippen molar-refractivity contribution >= 4 is 17.2 Å². The third-order valence-electron chi connectivity index (χ3n) is 2.35. The molecule has 2 aromatic rings. The second kappa shape index (κ2) is 3.88. The molecule has 0 aliphatic carbocycles. The lowest BCUT2D eigenvalue weighted by Crippen LogP contribution is -1.97. The van der Waals surface area contributed by atoms with E-state index >= 15 is 0 Å². The zero-order valence-corrected chi connectivity index (χ0v) is 9.73. The fourth-order valence-electron chi connectivity index (χ4n) is 1.63. The summed E-state index contributed by atoms with van der Waals surface area (Å²) in [6.07, 6.45) is 4.56. The van der Waals surface area contributed by atoms with Gasteiger partial charge >= 0.3 is 0 Å². The van der Waals surface area contributed by atoms with E-state index in [4.69, 9.17) is 5.73 Å². The van der Waals surface area contributed by atoms with Crippen molar-refractivity contribution in [3.05, 3.63) is 18.1 Å². The summed E-state index contributed by atoms with van der Waals surface area (Å²) in [4.78, 5) is 0. The van der Waals surface area contributed by atoms with Crippen LogP contribution >= 0.6 is 0 Å². The Morgan fingerprint density at radius 1 is 1.25 bits per heavy atom. The van der Waals surface area contributed by atoms with Crippen LogP contribution in [0.2, 0.25) is 0 Å². The van der Waals surface area contributed by atoms with E-state index in [1.54, 1.807) is 15.6 Å². The fourth-order valence-corrected chi connectivity index (χ4v) is 1.63. The third-order valence-corrected chi connectivity index (χ3v) is 2.35. The fraction of sp³-hybridized carbons (Fsp3) is 0.400. The zero-order valence-electron chi connectivity index (χ0n) is 9.73. The summed E-state index contributed by atoms with van der Waals surface area (Å²) in [5.41, 5.74) is 8.41. The summed E-state index contributed by atoms with van der Waals surface area (Å²) in [6, 6.07) is 0. The van der Waals surface area contributed by atoms with E-state index in [-0.39, 0.29) is 0 Å². The molecule has 2 aromatic heterocycles. The van der Waals surface area contributed by atoms with Gasteiger partial charge in [-0.05, 0) is 6.42 Å². The second-order valence-electron chi connectivity index (χ2n) is 3.75. The Morgan fingerprint density at radius 2 is 1.94 bits per heavy atom. The maximum absolute atomic E-state index is 5.81. The minimum Gasteiger partial charge on any atom is -0.394 e. The first-order valence-corrected chi connectivity index (χ1v) is 5.18. The summed E-state index contributed by atoms with van der Waals surface area (Å²) < 4.78 is 3.46. The van der Waals surface area contributed by atoms with Crippen LogP contribution in [0.1, 0.15) is 12.6 Å². The van der Waals surface area contributed by atoms with Crippen LogP contribution in [0.4, 0.5) is 17.2 Å². The Bertz CT molecular complexity index is 495. The van der Waals surface area contributed by atoms with Crippen molar-refractivity contribution in [2.45, 2.75) is 13.3 Å². The lowest BCUT2D eigenvalue weighted by Gasteiger charge is -2.02. The molecule has 3 N–H and O–H groups in total. The van der Waals surface area contributed by atoms with Crippen molar-refractivity contribution in [2.75, 3.05) is 11.1 Å². The molecule has 0 amide bonds. The highest BCUT2D eigenvalue weighted by molar-refractivity contribution is 5.68. The van der Waals surface area contributed by atoms with E-state index in [0.29, 0.717) is 11.5 Å². The van der Waals surface area contributed by atoms with Gasteiger partial charge in [-0.1, -0.05) is 6.92 Å². The molecule has 2 rings (SSSR count). The molecule has 0 saturated carbocycles. The number of aromatic nitrogens is 4. The summed E-state index contributed by atoms with van der Waals surface area (Å²) in [5, 5.41) is 11.8. The molecule has 0 aliphatic rings. The molecule has 0 fully saturated rings. The van der Waals surface area contributed by atoms with Crippen LogP contribution in [0.3, 0.4) is 0 Å². The van der Waals surface area contributed by atoms with Gasteiger partial charge in [-0.3, -0.25) is 9.36 Å². The molecule has 0 unspecified atom stereocenters. The largest absolute Gasteiger partial charge is 0.394 e. The predicted molar refractivity (Wildman–Crippen MR) is 63.5 cm³/mol. The van der Waals surface area contributed by atoms with Crippen molar-refractivity contribution in [3.63, 3.8) is 0 Å². The molecular weight excluding hydrogens is 204 g/mol. The van der Waals surface area contributed by atoms with Gasteiger partial charge in [0.25, 0.3) is 0 Å². The van der Waals surface area contributed by atoms with Gasteiger partial charge < -0.3 is 11.1 Å². The molecular formula is C10H16N6. The van der Waals surface area contributed by atoms with Gasteiger partial charge in [-0.15, -0.1) is 0 Å². The number of hydrogen-bond acceptors (Lipinski definition) is 4. The van der Waals surface area contributed by atoms with Crippen LogP contribution in [0.25, 0.3) is 0 Å². The van der Waals surface area contributed by atoms with Crippen LogP contribution in [-0.2, 0) is 20.5 Å². The SMILES string of the molecule is CCc1nn(C)cc1Nc1nn(C)cc1N.